The number of amides is 1. The third-order valence-corrected chi connectivity index (χ3v) is 3.05. The van der Waals surface area contributed by atoms with Crippen molar-refractivity contribution in [2.75, 3.05) is 18.5 Å². The number of nitrogens with one attached hydrogen (secondary N) is 1. The van der Waals surface area contributed by atoms with Crippen molar-refractivity contribution < 1.29 is 4.79 Å². The molecule has 106 valence electrons. The monoisotopic (exact) mass is 283 g/mol. The van der Waals surface area contributed by atoms with Gasteiger partial charge in [-0.25, -0.2) is 0 Å². The Labute approximate surface area is 119 Å². The second-order valence-electron chi connectivity index (χ2n) is 5.66. The highest BCUT2D eigenvalue weighted by Crippen LogP contribution is 2.27. The maximum Gasteiger partial charge on any atom is 0.236 e. The standard InChI is InChI=1S/C14H22ClN3O/c1-14(2,3)17-8-10-11(15)6-5-7-12(10)18(4)9-13(16)19/h5-7,17H,8-9H2,1-4H3,(H2,16,19). The zero-order chi connectivity index (χ0) is 14.6. The molecule has 0 aliphatic rings. The summed E-state index contributed by atoms with van der Waals surface area (Å²) in [5, 5.41) is 4.09. The van der Waals surface area contributed by atoms with Crippen LogP contribution in [0.3, 0.4) is 0 Å². The van der Waals surface area contributed by atoms with Gasteiger partial charge in [0.1, 0.15) is 0 Å². The van der Waals surface area contributed by atoms with Gasteiger partial charge in [-0.15, -0.1) is 0 Å². The summed E-state index contributed by atoms with van der Waals surface area (Å²) in [6.45, 7) is 7.09. The van der Waals surface area contributed by atoms with Crippen molar-refractivity contribution in [3.63, 3.8) is 0 Å². The summed E-state index contributed by atoms with van der Waals surface area (Å²) in [6.07, 6.45) is 0. The molecule has 0 saturated heterocycles. The highest BCUT2D eigenvalue weighted by atomic mass is 35.5. The summed E-state index contributed by atoms with van der Waals surface area (Å²) in [7, 11) is 1.83. The summed E-state index contributed by atoms with van der Waals surface area (Å²) in [6, 6.07) is 5.66. The second kappa shape index (κ2) is 6.26. The molecule has 0 bridgehead atoms. The molecule has 3 N–H and O–H groups in total. The minimum Gasteiger partial charge on any atom is -0.368 e. The number of halogens is 1. The number of hydrogen-bond donors (Lipinski definition) is 2. The fourth-order valence-corrected chi connectivity index (χ4v) is 1.99. The maximum absolute atomic E-state index is 11.0. The molecular weight excluding hydrogens is 262 g/mol. The van der Waals surface area contributed by atoms with Crippen molar-refractivity contribution in [3.8, 4) is 0 Å². The summed E-state index contributed by atoms with van der Waals surface area (Å²) in [5.74, 6) is -0.364. The summed E-state index contributed by atoms with van der Waals surface area (Å²) < 4.78 is 0. The number of likely N-dealkylation sites (N-methyl/N-ethyl adjacent to an activating group) is 1. The highest BCUT2D eigenvalue weighted by Gasteiger charge is 2.15. The minimum atomic E-state index is -0.364. The van der Waals surface area contributed by atoms with Crippen LogP contribution in [0.25, 0.3) is 0 Å². The third-order valence-electron chi connectivity index (χ3n) is 2.69. The Morgan fingerprint density at radius 2 is 2.05 bits per heavy atom. The van der Waals surface area contributed by atoms with Crippen LogP contribution >= 0.6 is 11.6 Å². The molecule has 4 nitrogen and oxygen atoms in total. The SMILES string of the molecule is CN(CC(N)=O)c1cccc(Cl)c1CNC(C)(C)C. The molecular formula is C14H22ClN3O. The number of rotatable bonds is 5. The van der Waals surface area contributed by atoms with Gasteiger partial charge in [0.15, 0.2) is 0 Å². The summed E-state index contributed by atoms with van der Waals surface area (Å²) in [5.41, 5.74) is 7.13. The molecule has 1 aromatic rings. The van der Waals surface area contributed by atoms with E-state index in [0.717, 1.165) is 11.3 Å². The predicted molar refractivity (Wildman–Crippen MR) is 80.5 cm³/mol. The van der Waals surface area contributed by atoms with E-state index in [0.29, 0.717) is 11.6 Å². The molecule has 19 heavy (non-hydrogen) atoms. The topological polar surface area (TPSA) is 58.4 Å². The number of carbonyl (C=O) groups is 1. The average Bonchev–Trinajstić information content (AvgIpc) is 2.24. The van der Waals surface area contributed by atoms with E-state index >= 15 is 0 Å². The van der Waals surface area contributed by atoms with Gasteiger partial charge < -0.3 is 16.0 Å². The van der Waals surface area contributed by atoms with E-state index in [2.05, 4.69) is 26.1 Å². The normalized spacial score (nSPS) is 11.4. The molecule has 1 aromatic carbocycles. The van der Waals surface area contributed by atoms with Crippen LogP contribution < -0.4 is 16.0 Å². The van der Waals surface area contributed by atoms with Gasteiger partial charge in [0.05, 0.1) is 6.54 Å². The van der Waals surface area contributed by atoms with Crippen LogP contribution in [0, 0.1) is 0 Å². The van der Waals surface area contributed by atoms with Gasteiger partial charge in [-0.05, 0) is 32.9 Å². The Kier molecular flexibility index (Phi) is 5.20. The van der Waals surface area contributed by atoms with E-state index in [4.69, 9.17) is 17.3 Å². The Balaban J connectivity index is 2.98. The maximum atomic E-state index is 11.0. The first-order valence-corrected chi connectivity index (χ1v) is 6.60. The zero-order valence-corrected chi connectivity index (χ0v) is 12.7. The molecule has 0 aromatic heterocycles. The van der Waals surface area contributed by atoms with E-state index in [1.807, 2.05) is 30.1 Å². The van der Waals surface area contributed by atoms with Crippen LogP contribution in [0.5, 0.6) is 0 Å². The molecule has 0 aliphatic carbocycles. The van der Waals surface area contributed by atoms with Crippen molar-refractivity contribution >= 4 is 23.2 Å². The van der Waals surface area contributed by atoms with E-state index in [9.17, 15) is 4.79 Å². The Hall–Kier alpha value is -1.26. The molecule has 0 saturated carbocycles. The van der Waals surface area contributed by atoms with Crippen molar-refractivity contribution in [1.82, 2.24) is 5.32 Å². The molecule has 0 radical (unpaired) electrons. The number of hydrogen-bond acceptors (Lipinski definition) is 3. The van der Waals surface area contributed by atoms with Crippen LogP contribution in [0.1, 0.15) is 26.3 Å². The van der Waals surface area contributed by atoms with Crippen molar-refractivity contribution in [3.05, 3.63) is 28.8 Å². The van der Waals surface area contributed by atoms with Crippen LogP contribution in [-0.4, -0.2) is 25.0 Å². The van der Waals surface area contributed by atoms with Crippen molar-refractivity contribution in [1.29, 1.82) is 0 Å². The number of nitrogens with zero attached hydrogens (tertiary/aromatic N) is 1. The number of anilines is 1. The zero-order valence-electron chi connectivity index (χ0n) is 12.0. The highest BCUT2D eigenvalue weighted by molar-refractivity contribution is 6.31. The van der Waals surface area contributed by atoms with Gasteiger partial charge in [0.25, 0.3) is 0 Å². The van der Waals surface area contributed by atoms with Gasteiger partial charge in [-0.1, -0.05) is 17.7 Å². The van der Waals surface area contributed by atoms with Crippen molar-refractivity contribution in [2.24, 2.45) is 5.73 Å². The lowest BCUT2D eigenvalue weighted by Crippen LogP contribution is -2.36. The van der Waals surface area contributed by atoms with Gasteiger partial charge >= 0.3 is 0 Å². The van der Waals surface area contributed by atoms with Gasteiger partial charge in [0, 0.05) is 35.4 Å². The molecule has 1 amide bonds. The fourth-order valence-electron chi connectivity index (χ4n) is 1.75. The molecule has 0 heterocycles. The molecule has 5 heteroatoms. The summed E-state index contributed by atoms with van der Waals surface area (Å²) in [4.78, 5) is 12.8. The van der Waals surface area contributed by atoms with E-state index < -0.39 is 0 Å². The Bertz CT molecular complexity index is 454. The molecule has 0 fully saturated rings. The molecule has 0 aliphatic heterocycles. The van der Waals surface area contributed by atoms with Gasteiger partial charge in [-0.2, -0.15) is 0 Å². The minimum absolute atomic E-state index is 0.00129. The molecule has 1 rings (SSSR count). The number of primary amides is 1. The van der Waals surface area contributed by atoms with Crippen LogP contribution in [0.15, 0.2) is 18.2 Å². The Morgan fingerprint density at radius 1 is 1.42 bits per heavy atom. The van der Waals surface area contributed by atoms with Gasteiger partial charge in [-0.3, -0.25) is 4.79 Å². The fraction of sp³-hybridized carbons (Fsp3) is 0.500. The first-order chi connectivity index (χ1) is 8.70. The lowest BCUT2D eigenvalue weighted by atomic mass is 10.1. The average molecular weight is 284 g/mol. The van der Waals surface area contributed by atoms with E-state index in [-0.39, 0.29) is 18.0 Å². The van der Waals surface area contributed by atoms with Crippen LogP contribution in [-0.2, 0) is 11.3 Å². The first-order valence-electron chi connectivity index (χ1n) is 6.22. The lowest BCUT2D eigenvalue weighted by molar-refractivity contribution is -0.116. The Morgan fingerprint density at radius 3 is 2.58 bits per heavy atom. The molecule has 0 atom stereocenters. The number of benzene rings is 1. The quantitative estimate of drug-likeness (QED) is 0.870. The first kappa shape index (κ1) is 15.8. The van der Waals surface area contributed by atoms with Crippen molar-refractivity contribution in [2.45, 2.75) is 32.9 Å². The predicted octanol–water partition coefficient (Wildman–Crippen LogP) is 2.15. The third kappa shape index (κ3) is 5.09. The summed E-state index contributed by atoms with van der Waals surface area (Å²) >= 11 is 6.26. The second-order valence-corrected chi connectivity index (χ2v) is 6.07. The van der Waals surface area contributed by atoms with Crippen LogP contribution in [0.4, 0.5) is 5.69 Å². The van der Waals surface area contributed by atoms with Gasteiger partial charge in [0.2, 0.25) is 5.91 Å². The van der Waals surface area contributed by atoms with E-state index in [1.54, 1.807) is 0 Å². The lowest BCUT2D eigenvalue weighted by Gasteiger charge is -2.25. The van der Waals surface area contributed by atoms with E-state index in [1.165, 1.54) is 0 Å². The van der Waals surface area contributed by atoms with Crippen LogP contribution in [0.2, 0.25) is 5.02 Å². The molecule has 0 spiro atoms. The number of carbonyl (C=O) groups excluding carboxylic acids is 1. The largest absolute Gasteiger partial charge is 0.368 e. The number of nitrogens with two attached hydrogens (primary N) is 1. The molecule has 0 unspecified atom stereocenters. The smallest absolute Gasteiger partial charge is 0.236 e.